The predicted molar refractivity (Wildman–Crippen MR) is 92.3 cm³/mol. The summed E-state index contributed by atoms with van der Waals surface area (Å²) in [6.45, 7) is 6.31. The molecule has 0 aliphatic carbocycles. The molecule has 0 aliphatic heterocycles. The summed E-state index contributed by atoms with van der Waals surface area (Å²) in [5, 5.41) is 12.9. The van der Waals surface area contributed by atoms with E-state index in [1.54, 1.807) is 0 Å². The molecule has 0 spiro atoms. The Morgan fingerprint density at radius 1 is 1.09 bits per heavy atom. The van der Waals surface area contributed by atoms with Crippen molar-refractivity contribution in [2.24, 2.45) is 0 Å². The fourth-order valence-electron chi connectivity index (χ4n) is 2.63. The summed E-state index contributed by atoms with van der Waals surface area (Å²) in [5.74, 6) is 0. The highest BCUT2D eigenvalue weighted by molar-refractivity contribution is 7.12. The molecule has 0 N–H and O–H groups in total. The maximum absolute atomic E-state index is 9.35. The molecule has 0 aliphatic rings. The number of rotatable bonds is 2. The molecule has 0 saturated heterocycles. The van der Waals surface area contributed by atoms with Gasteiger partial charge >= 0.3 is 0 Å². The third-order valence-corrected chi connectivity index (χ3v) is 4.67. The minimum atomic E-state index is -0.0986. The van der Waals surface area contributed by atoms with Crippen LogP contribution in [0.4, 0.5) is 0 Å². The summed E-state index contributed by atoms with van der Waals surface area (Å²) < 4.78 is 0. The average molecular weight is 306 g/mol. The van der Waals surface area contributed by atoms with Crippen LogP contribution in [0.2, 0.25) is 0 Å². The van der Waals surface area contributed by atoms with Crippen LogP contribution in [0.15, 0.2) is 42.5 Å². The van der Waals surface area contributed by atoms with E-state index in [0.717, 1.165) is 22.0 Å². The Balaban J connectivity index is 2.03. The van der Waals surface area contributed by atoms with Crippen molar-refractivity contribution in [3.8, 4) is 6.07 Å². The van der Waals surface area contributed by atoms with Gasteiger partial charge in [0.25, 0.3) is 0 Å². The fourth-order valence-corrected chi connectivity index (χ4v) is 3.73. The van der Waals surface area contributed by atoms with Gasteiger partial charge in [0.05, 0.1) is 10.7 Å². The molecule has 0 bridgehead atoms. The van der Waals surface area contributed by atoms with E-state index in [1.165, 1.54) is 27.7 Å². The second kappa shape index (κ2) is 5.55. The lowest BCUT2D eigenvalue weighted by atomic mass is 9.91. The average Bonchev–Trinajstić information content (AvgIpc) is 2.91. The van der Waals surface area contributed by atoms with Gasteiger partial charge in [0.15, 0.2) is 0 Å². The molecule has 2 aromatic carbocycles. The summed E-state index contributed by atoms with van der Waals surface area (Å²) >= 11 is 1.52. The lowest BCUT2D eigenvalue weighted by Crippen LogP contribution is -2.13. The van der Waals surface area contributed by atoms with Gasteiger partial charge in [0.1, 0.15) is 10.9 Å². The first-order valence-electron chi connectivity index (χ1n) is 7.36. The Bertz CT molecular complexity index is 858. The molecule has 0 unspecified atom stereocenters. The SMILES string of the molecule is CC(C)(C)c1nc(Cc2cccc3ccccc23)sc1C#N. The van der Waals surface area contributed by atoms with Gasteiger partial charge in [-0.2, -0.15) is 5.26 Å². The van der Waals surface area contributed by atoms with Gasteiger partial charge in [-0.05, 0) is 16.3 Å². The minimum Gasteiger partial charge on any atom is -0.244 e. The van der Waals surface area contributed by atoms with Gasteiger partial charge in [0.2, 0.25) is 0 Å². The van der Waals surface area contributed by atoms with Crippen molar-refractivity contribution in [2.75, 3.05) is 0 Å². The maximum atomic E-state index is 9.35. The van der Waals surface area contributed by atoms with E-state index >= 15 is 0 Å². The first kappa shape index (κ1) is 14.7. The van der Waals surface area contributed by atoms with Crippen molar-refractivity contribution in [1.29, 1.82) is 5.26 Å². The largest absolute Gasteiger partial charge is 0.244 e. The Morgan fingerprint density at radius 2 is 1.82 bits per heavy atom. The number of fused-ring (bicyclic) bond motifs is 1. The Labute approximate surface area is 135 Å². The smallest absolute Gasteiger partial charge is 0.128 e. The number of hydrogen-bond acceptors (Lipinski definition) is 3. The zero-order chi connectivity index (χ0) is 15.7. The maximum Gasteiger partial charge on any atom is 0.128 e. The van der Waals surface area contributed by atoms with Crippen molar-refractivity contribution in [1.82, 2.24) is 4.98 Å². The second-order valence-corrected chi connectivity index (χ2v) is 7.55. The predicted octanol–water partition coefficient (Wildman–Crippen LogP) is 5.06. The number of nitriles is 1. The van der Waals surface area contributed by atoms with Crippen molar-refractivity contribution < 1.29 is 0 Å². The third-order valence-electron chi connectivity index (χ3n) is 3.71. The van der Waals surface area contributed by atoms with Gasteiger partial charge in [-0.3, -0.25) is 0 Å². The molecule has 22 heavy (non-hydrogen) atoms. The molecular formula is C19H18N2S. The number of thiazole rings is 1. The highest BCUT2D eigenvalue weighted by atomic mass is 32.1. The summed E-state index contributed by atoms with van der Waals surface area (Å²) in [6, 6.07) is 17.1. The van der Waals surface area contributed by atoms with Gasteiger partial charge in [0, 0.05) is 11.8 Å². The van der Waals surface area contributed by atoms with Crippen LogP contribution in [0.1, 0.15) is 41.9 Å². The normalized spacial score (nSPS) is 11.5. The molecule has 3 rings (SSSR count). The second-order valence-electron chi connectivity index (χ2n) is 6.46. The first-order chi connectivity index (χ1) is 10.5. The molecule has 0 amide bonds. The van der Waals surface area contributed by atoms with Gasteiger partial charge in [-0.1, -0.05) is 63.2 Å². The molecule has 0 fully saturated rings. The Hall–Kier alpha value is -2.18. The van der Waals surface area contributed by atoms with Gasteiger partial charge < -0.3 is 0 Å². The van der Waals surface area contributed by atoms with E-state index in [-0.39, 0.29) is 5.41 Å². The van der Waals surface area contributed by atoms with Crippen LogP contribution in [-0.2, 0) is 11.8 Å². The van der Waals surface area contributed by atoms with Crippen LogP contribution in [-0.4, -0.2) is 4.98 Å². The molecule has 110 valence electrons. The molecule has 0 atom stereocenters. The number of benzene rings is 2. The van der Waals surface area contributed by atoms with E-state index in [2.05, 4.69) is 69.3 Å². The number of hydrogen-bond donors (Lipinski definition) is 0. The van der Waals surface area contributed by atoms with Crippen LogP contribution in [0, 0.1) is 11.3 Å². The summed E-state index contributed by atoms with van der Waals surface area (Å²) in [7, 11) is 0. The van der Waals surface area contributed by atoms with E-state index < -0.39 is 0 Å². The highest BCUT2D eigenvalue weighted by Crippen LogP contribution is 2.31. The third kappa shape index (κ3) is 2.75. The minimum absolute atomic E-state index is 0.0986. The van der Waals surface area contributed by atoms with Gasteiger partial charge in [-0.15, -0.1) is 11.3 Å². The van der Waals surface area contributed by atoms with Crippen LogP contribution in [0.3, 0.4) is 0 Å². The molecular weight excluding hydrogens is 288 g/mol. The summed E-state index contributed by atoms with van der Waals surface area (Å²) in [6.07, 6.45) is 0.775. The van der Waals surface area contributed by atoms with Crippen molar-refractivity contribution >= 4 is 22.1 Å². The van der Waals surface area contributed by atoms with E-state index in [0.29, 0.717) is 0 Å². The van der Waals surface area contributed by atoms with Crippen molar-refractivity contribution in [3.05, 3.63) is 63.6 Å². The standard InChI is InChI=1S/C19H18N2S/c1-19(2,3)18-16(12-20)22-17(21-18)11-14-9-6-8-13-7-4-5-10-15(13)14/h4-10H,11H2,1-3H3. The molecule has 0 saturated carbocycles. The first-order valence-corrected chi connectivity index (χ1v) is 8.17. The number of aromatic nitrogens is 1. The quantitative estimate of drug-likeness (QED) is 0.664. The van der Waals surface area contributed by atoms with Crippen LogP contribution in [0.5, 0.6) is 0 Å². The van der Waals surface area contributed by atoms with Crippen molar-refractivity contribution in [3.63, 3.8) is 0 Å². The molecule has 1 aromatic heterocycles. The molecule has 1 heterocycles. The van der Waals surface area contributed by atoms with E-state index in [4.69, 9.17) is 4.98 Å². The zero-order valence-electron chi connectivity index (χ0n) is 13.1. The lowest BCUT2D eigenvalue weighted by molar-refractivity contribution is 0.570. The monoisotopic (exact) mass is 306 g/mol. The van der Waals surface area contributed by atoms with Crippen LogP contribution in [0.25, 0.3) is 10.8 Å². The molecule has 2 nitrogen and oxygen atoms in total. The highest BCUT2D eigenvalue weighted by Gasteiger charge is 2.23. The van der Waals surface area contributed by atoms with Crippen LogP contribution < -0.4 is 0 Å². The lowest BCUT2D eigenvalue weighted by Gasteiger charge is -2.15. The molecule has 0 radical (unpaired) electrons. The summed E-state index contributed by atoms with van der Waals surface area (Å²) in [5.41, 5.74) is 2.07. The summed E-state index contributed by atoms with van der Waals surface area (Å²) in [4.78, 5) is 5.49. The van der Waals surface area contributed by atoms with E-state index in [9.17, 15) is 5.26 Å². The zero-order valence-corrected chi connectivity index (χ0v) is 13.9. The Kier molecular flexibility index (Phi) is 3.72. The fraction of sp³-hybridized carbons (Fsp3) is 0.263. The van der Waals surface area contributed by atoms with Crippen LogP contribution >= 0.6 is 11.3 Å². The Morgan fingerprint density at radius 3 is 2.50 bits per heavy atom. The van der Waals surface area contributed by atoms with E-state index in [1.807, 2.05) is 0 Å². The molecule has 3 heteroatoms. The van der Waals surface area contributed by atoms with Gasteiger partial charge in [-0.25, -0.2) is 4.98 Å². The topological polar surface area (TPSA) is 36.7 Å². The van der Waals surface area contributed by atoms with Crippen molar-refractivity contribution in [2.45, 2.75) is 32.6 Å². The number of nitrogens with zero attached hydrogens (tertiary/aromatic N) is 2. The molecule has 3 aromatic rings.